The van der Waals surface area contributed by atoms with Gasteiger partial charge < -0.3 is 9.73 Å². The molecular weight excluding hydrogens is 244 g/mol. The molecule has 19 heavy (non-hydrogen) atoms. The van der Waals surface area contributed by atoms with Crippen LogP contribution in [0.1, 0.15) is 30.9 Å². The van der Waals surface area contributed by atoms with Crippen molar-refractivity contribution in [2.75, 3.05) is 6.54 Å². The van der Waals surface area contributed by atoms with E-state index in [1.807, 2.05) is 0 Å². The minimum absolute atomic E-state index is 0.104. The Balaban J connectivity index is 2.40. The molecule has 0 spiro atoms. The molecule has 1 aromatic heterocycles. The van der Waals surface area contributed by atoms with Crippen LogP contribution in [0, 0.1) is 25.7 Å². The molecule has 100 valence electrons. The molecule has 0 radical (unpaired) electrons. The van der Waals surface area contributed by atoms with Gasteiger partial charge in [-0.25, -0.2) is 4.79 Å². The lowest BCUT2D eigenvalue weighted by Gasteiger charge is -2.20. The van der Waals surface area contributed by atoms with Crippen molar-refractivity contribution in [1.82, 2.24) is 10.2 Å². The smallest absolute Gasteiger partial charge is 0.326 e. The lowest BCUT2D eigenvalue weighted by Crippen LogP contribution is -2.41. The van der Waals surface area contributed by atoms with E-state index in [0.717, 1.165) is 4.90 Å². The Bertz CT molecular complexity index is 606. The summed E-state index contributed by atoms with van der Waals surface area (Å²) in [7, 11) is 0. The summed E-state index contributed by atoms with van der Waals surface area (Å²) in [5.41, 5.74) is -0.385. The first kappa shape index (κ1) is 13.2. The Hall–Kier alpha value is -2.22. The fourth-order valence-corrected chi connectivity index (χ4v) is 2.31. The SMILES string of the molecule is CC#CCN1C(=O)N[C@@](C)(c2cc(C)oc2C)C1=O. The minimum atomic E-state index is -1.08. The Morgan fingerprint density at radius 2 is 2.11 bits per heavy atom. The summed E-state index contributed by atoms with van der Waals surface area (Å²) in [5.74, 6) is 6.45. The number of nitrogens with one attached hydrogen (secondary N) is 1. The molecule has 1 aromatic rings. The average Bonchev–Trinajstić information content (AvgIpc) is 2.78. The molecule has 1 aliphatic rings. The first-order valence-electron chi connectivity index (χ1n) is 6.01. The predicted molar refractivity (Wildman–Crippen MR) is 69.2 cm³/mol. The summed E-state index contributed by atoms with van der Waals surface area (Å²) in [6, 6.07) is 1.36. The van der Waals surface area contributed by atoms with Gasteiger partial charge in [0.2, 0.25) is 0 Å². The Kier molecular flexibility index (Phi) is 3.11. The lowest BCUT2D eigenvalue weighted by molar-refractivity contribution is -0.130. The van der Waals surface area contributed by atoms with Crippen LogP contribution in [0.25, 0.3) is 0 Å². The van der Waals surface area contributed by atoms with Crippen molar-refractivity contribution in [2.24, 2.45) is 0 Å². The quantitative estimate of drug-likeness (QED) is 0.650. The molecule has 5 nitrogen and oxygen atoms in total. The Morgan fingerprint density at radius 1 is 1.42 bits per heavy atom. The van der Waals surface area contributed by atoms with Crippen LogP contribution < -0.4 is 5.32 Å². The van der Waals surface area contributed by atoms with E-state index < -0.39 is 11.6 Å². The van der Waals surface area contributed by atoms with E-state index in [9.17, 15) is 9.59 Å². The maximum Gasteiger partial charge on any atom is 0.326 e. The molecule has 1 saturated heterocycles. The van der Waals surface area contributed by atoms with Gasteiger partial charge in [0.05, 0.1) is 6.54 Å². The molecule has 0 bridgehead atoms. The highest BCUT2D eigenvalue weighted by Crippen LogP contribution is 2.32. The second-order valence-corrected chi connectivity index (χ2v) is 4.70. The van der Waals surface area contributed by atoms with Gasteiger partial charge >= 0.3 is 6.03 Å². The van der Waals surface area contributed by atoms with Crippen molar-refractivity contribution in [3.63, 3.8) is 0 Å². The molecular formula is C14H16N2O3. The van der Waals surface area contributed by atoms with E-state index in [1.165, 1.54) is 0 Å². The molecule has 2 heterocycles. The molecule has 0 aromatic carbocycles. The van der Waals surface area contributed by atoms with Crippen molar-refractivity contribution < 1.29 is 14.0 Å². The first-order valence-corrected chi connectivity index (χ1v) is 6.01. The molecule has 2 rings (SSSR count). The van der Waals surface area contributed by atoms with Gasteiger partial charge in [0.1, 0.15) is 17.1 Å². The number of rotatable bonds is 2. The van der Waals surface area contributed by atoms with E-state index in [1.54, 1.807) is 33.8 Å². The number of furan rings is 1. The zero-order valence-corrected chi connectivity index (χ0v) is 11.5. The van der Waals surface area contributed by atoms with Crippen molar-refractivity contribution in [1.29, 1.82) is 0 Å². The van der Waals surface area contributed by atoms with Gasteiger partial charge in [-0.05, 0) is 33.8 Å². The van der Waals surface area contributed by atoms with E-state index in [0.29, 0.717) is 17.1 Å². The van der Waals surface area contributed by atoms with Crippen molar-refractivity contribution in [2.45, 2.75) is 33.2 Å². The van der Waals surface area contributed by atoms with Crippen LogP contribution >= 0.6 is 0 Å². The number of imide groups is 1. The molecule has 1 aliphatic heterocycles. The summed E-state index contributed by atoms with van der Waals surface area (Å²) in [5, 5.41) is 2.72. The third-order valence-corrected chi connectivity index (χ3v) is 3.27. The van der Waals surface area contributed by atoms with Crippen LogP contribution in [-0.4, -0.2) is 23.4 Å². The van der Waals surface area contributed by atoms with Crippen LogP contribution in [0.4, 0.5) is 4.79 Å². The zero-order valence-electron chi connectivity index (χ0n) is 11.5. The van der Waals surface area contributed by atoms with Gasteiger partial charge in [0.25, 0.3) is 5.91 Å². The topological polar surface area (TPSA) is 62.6 Å². The van der Waals surface area contributed by atoms with Crippen LogP contribution in [0.3, 0.4) is 0 Å². The molecule has 5 heteroatoms. The van der Waals surface area contributed by atoms with Crippen LogP contribution in [0.5, 0.6) is 0 Å². The Morgan fingerprint density at radius 3 is 2.63 bits per heavy atom. The molecule has 1 N–H and O–H groups in total. The maximum atomic E-state index is 12.4. The van der Waals surface area contributed by atoms with E-state index in [2.05, 4.69) is 17.2 Å². The lowest BCUT2D eigenvalue weighted by atomic mass is 9.92. The van der Waals surface area contributed by atoms with Gasteiger partial charge in [-0.2, -0.15) is 0 Å². The largest absolute Gasteiger partial charge is 0.466 e. The molecule has 0 saturated carbocycles. The minimum Gasteiger partial charge on any atom is -0.466 e. The average molecular weight is 260 g/mol. The van der Waals surface area contributed by atoms with Crippen LogP contribution in [0.2, 0.25) is 0 Å². The molecule has 3 amide bonds. The normalized spacial score (nSPS) is 22.2. The number of urea groups is 1. The van der Waals surface area contributed by atoms with Crippen molar-refractivity contribution in [3.8, 4) is 11.8 Å². The predicted octanol–water partition coefficient (Wildman–Crippen LogP) is 1.69. The molecule has 1 fully saturated rings. The third-order valence-electron chi connectivity index (χ3n) is 3.27. The summed E-state index contributed by atoms with van der Waals surface area (Å²) < 4.78 is 5.44. The molecule has 0 aliphatic carbocycles. The number of carbonyl (C=O) groups is 2. The van der Waals surface area contributed by atoms with E-state index >= 15 is 0 Å². The summed E-state index contributed by atoms with van der Waals surface area (Å²) in [6.07, 6.45) is 0. The van der Waals surface area contributed by atoms with Gasteiger partial charge in [-0.3, -0.25) is 9.69 Å². The van der Waals surface area contributed by atoms with Gasteiger partial charge in [-0.1, -0.05) is 5.92 Å². The number of hydrogen-bond acceptors (Lipinski definition) is 3. The van der Waals surface area contributed by atoms with Gasteiger partial charge in [0.15, 0.2) is 0 Å². The number of amides is 3. The number of nitrogens with zero attached hydrogens (tertiary/aromatic N) is 1. The summed E-state index contributed by atoms with van der Waals surface area (Å²) in [4.78, 5) is 25.5. The Labute approximate surface area is 112 Å². The standard InChI is InChI=1S/C14H16N2O3/c1-5-6-7-16-12(17)14(4,15-13(16)18)11-8-9(2)19-10(11)3/h8H,7H2,1-4H3,(H,15,18)/t14-/m0/s1. The summed E-state index contributed by atoms with van der Waals surface area (Å²) >= 11 is 0. The zero-order chi connectivity index (χ0) is 14.2. The second-order valence-electron chi connectivity index (χ2n) is 4.70. The second kappa shape index (κ2) is 4.47. The fraction of sp³-hybridized carbons (Fsp3) is 0.429. The molecule has 0 unspecified atom stereocenters. The van der Waals surface area contributed by atoms with Crippen LogP contribution in [0.15, 0.2) is 10.5 Å². The third kappa shape index (κ3) is 1.99. The number of hydrogen-bond donors (Lipinski definition) is 1. The summed E-state index contributed by atoms with van der Waals surface area (Å²) in [6.45, 7) is 7.04. The van der Waals surface area contributed by atoms with Crippen molar-refractivity contribution >= 4 is 11.9 Å². The van der Waals surface area contributed by atoms with Crippen molar-refractivity contribution in [3.05, 3.63) is 23.2 Å². The highest BCUT2D eigenvalue weighted by Gasteiger charge is 2.50. The number of carbonyl (C=O) groups excluding carboxylic acids is 2. The monoisotopic (exact) mass is 260 g/mol. The number of aryl methyl sites for hydroxylation is 2. The fourth-order valence-electron chi connectivity index (χ4n) is 2.31. The maximum absolute atomic E-state index is 12.4. The highest BCUT2D eigenvalue weighted by atomic mass is 16.3. The first-order chi connectivity index (χ1) is 8.90. The van der Waals surface area contributed by atoms with Crippen LogP contribution in [-0.2, 0) is 10.3 Å². The van der Waals surface area contributed by atoms with Gasteiger partial charge in [0, 0.05) is 5.56 Å². The van der Waals surface area contributed by atoms with Gasteiger partial charge in [-0.15, -0.1) is 5.92 Å². The molecule has 1 atom stereocenters. The van der Waals surface area contributed by atoms with E-state index in [-0.39, 0.29) is 12.5 Å². The van der Waals surface area contributed by atoms with E-state index in [4.69, 9.17) is 4.42 Å². The highest BCUT2D eigenvalue weighted by molar-refractivity contribution is 6.07.